The summed E-state index contributed by atoms with van der Waals surface area (Å²) < 4.78 is 9.42. The third kappa shape index (κ3) is 5.26. The first-order valence-corrected chi connectivity index (χ1v) is 9.75. The van der Waals surface area contributed by atoms with Gasteiger partial charge in [-0.2, -0.15) is 0 Å². The fourth-order valence-corrected chi connectivity index (χ4v) is 3.36. The predicted molar refractivity (Wildman–Crippen MR) is 118 cm³/mol. The number of hydrogen-bond acceptors (Lipinski definition) is 6. The average Bonchev–Trinajstić information content (AvgIpc) is 2.80. The standard InChI is InChI=1S/C24H24N2O5/c1-15(20-10-6-8-16-7-4-5-9-21(16)20)25-14-22(27)26-19-12-17(23(28)30-2)11-18(13-19)24(29)31-3/h4-13,15,25H,14H2,1-3H3,(H,26,27)/t15-/m1/s1. The maximum Gasteiger partial charge on any atom is 0.337 e. The van der Waals surface area contributed by atoms with Gasteiger partial charge in [0.1, 0.15) is 0 Å². The number of nitrogens with one attached hydrogen (secondary N) is 2. The Morgan fingerprint density at radius 2 is 1.48 bits per heavy atom. The summed E-state index contributed by atoms with van der Waals surface area (Å²) in [5.41, 5.74) is 1.66. The van der Waals surface area contributed by atoms with Crippen LogP contribution in [-0.2, 0) is 14.3 Å². The number of hydrogen-bond donors (Lipinski definition) is 2. The SMILES string of the molecule is COC(=O)c1cc(NC(=O)CN[C@H](C)c2cccc3ccccc23)cc(C(=O)OC)c1. The molecule has 7 nitrogen and oxygen atoms in total. The molecular weight excluding hydrogens is 396 g/mol. The highest BCUT2D eigenvalue weighted by Crippen LogP contribution is 2.24. The molecule has 0 aliphatic carbocycles. The third-order valence-corrected chi connectivity index (χ3v) is 4.92. The molecule has 3 aromatic carbocycles. The van der Waals surface area contributed by atoms with Gasteiger partial charge in [-0.15, -0.1) is 0 Å². The van der Waals surface area contributed by atoms with Gasteiger partial charge < -0.3 is 20.1 Å². The molecule has 0 aliphatic heterocycles. The number of carbonyl (C=O) groups excluding carboxylic acids is 3. The van der Waals surface area contributed by atoms with Crippen LogP contribution in [0.5, 0.6) is 0 Å². The van der Waals surface area contributed by atoms with Gasteiger partial charge in [0.25, 0.3) is 0 Å². The van der Waals surface area contributed by atoms with Crippen LogP contribution in [-0.4, -0.2) is 38.6 Å². The van der Waals surface area contributed by atoms with Crippen molar-refractivity contribution in [3.05, 3.63) is 77.4 Å². The Bertz CT molecular complexity index is 1090. The third-order valence-electron chi connectivity index (χ3n) is 4.92. The molecule has 0 unspecified atom stereocenters. The van der Waals surface area contributed by atoms with Crippen molar-refractivity contribution in [2.45, 2.75) is 13.0 Å². The van der Waals surface area contributed by atoms with Crippen molar-refractivity contribution < 1.29 is 23.9 Å². The largest absolute Gasteiger partial charge is 0.465 e. The quantitative estimate of drug-likeness (QED) is 0.566. The number of benzene rings is 3. The molecule has 31 heavy (non-hydrogen) atoms. The van der Waals surface area contributed by atoms with E-state index in [0.29, 0.717) is 5.69 Å². The molecule has 3 aromatic rings. The Morgan fingerprint density at radius 3 is 2.13 bits per heavy atom. The van der Waals surface area contributed by atoms with E-state index >= 15 is 0 Å². The van der Waals surface area contributed by atoms with Crippen LogP contribution < -0.4 is 10.6 Å². The molecule has 0 fully saturated rings. The van der Waals surface area contributed by atoms with E-state index in [2.05, 4.69) is 16.7 Å². The van der Waals surface area contributed by atoms with Gasteiger partial charge in [0.15, 0.2) is 0 Å². The average molecular weight is 420 g/mol. The van der Waals surface area contributed by atoms with Crippen LogP contribution in [0.2, 0.25) is 0 Å². The predicted octanol–water partition coefficient (Wildman–Crippen LogP) is 3.70. The Kier molecular flexibility index (Phi) is 6.99. The van der Waals surface area contributed by atoms with Gasteiger partial charge in [0.2, 0.25) is 5.91 Å². The highest BCUT2D eigenvalue weighted by molar-refractivity contribution is 5.99. The van der Waals surface area contributed by atoms with E-state index in [-0.39, 0.29) is 29.6 Å². The Morgan fingerprint density at radius 1 is 0.871 bits per heavy atom. The van der Waals surface area contributed by atoms with Gasteiger partial charge in [-0.3, -0.25) is 4.79 Å². The van der Waals surface area contributed by atoms with Gasteiger partial charge >= 0.3 is 11.9 Å². The van der Waals surface area contributed by atoms with Crippen LogP contribution in [0.25, 0.3) is 10.8 Å². The molecule has 2 N–H and O–H groups in total. The molecule has 0 bridgehead atoms. The molecular formula is C24H24N2O5. The number of rotatable bonds is 7. The highest BCUT2D eigenvalue weighted by atomic mass is 16.5. The summed E-state index contributed by atoms with van der Waals surface area (Å²) in [6.45, 7) is 2.03. The number of methoxy groups -OCH3 is 2. The maximum absolute atomic E-state index is 12.5. The topological polar surface area (TPSA) is 93.7 Å². The fourth-order valence-electron chi connectivity index (χ4n) is 3.36. The molecule has 160 valence electrons. The van der Waals surface area contributed by atoms with Crippen molar-refractivity contribution in [1.29, 1.82) is 0 Å². The number of esters is 2. The molecule has 0 saturated carbocycles. The van der Waals surface area contributed by atoms with E-state index in [9.17, 15) is 14.4 Å². The first-order chi connectivity index (χ1) is 14.9. The minimum Gasteiger partial charge on any atom is -0.465 e. The van der Waals surface area contributed by atoms with E-state index in [0.717, 1.165) is 16.3 Å². The number of ether oxygens (including phenoxy) is 2. The second-order valence-corrected chi connectivity index (χ2v) is 7.00. The van der Waals surface area contributed by atoms with Crippen LogP contribution in [0.4, 0.5) is 5.69 Å². The van der Waals surface area contributed by atoms with E-state index in [1.165, 1.54) is 32.4 Å². The van der Waals surface area contributed by atoms with Crippen LogP contribution in [0.15, 0.2) is 60.7 Å². The zero-order valence-corrected chi connectivity index (χ0v) is 17.6. The second-order valence-electron chi connectivity index (χ2n) is 7.00. The van der Waals surface area contributed by atoms with Crippen molar-refractivity contribution >= 4 is 34.3 Å². The van der Waals surface area contributed by atoms with E-state index in [4.69, 9.17) is 9.47 Å². The van der Waals surface area contributed by atoms with Crippen molar-refractivity contribution in [3.8, 4) is 0 Å². The molecule has 0 saturated heterocycles. The summed E-state index contributed by atoms with van der Waals surface area (Å²) in [6, 6.07) is 18.3. The Hall–Kier alpha value is -3.71. The number of carbonyl (C=O) groups is 3. The zero-order valence-electron chi connectivity index (χ0n) is 17.6. The van der Waals surface area contributed by atoms with Crippen LogP contribution in [0.3, 0.4) is 0 Å². The number of anilines is 1. The second kappa shape index (κ2) is 9.86. The van der Waals surface area contributed by atoms with Gasteiger partial charge in [-0.25, -0.2) is 9.59 Å². The van der Waals surface area contributed by atoms with Crippen LogP contribution >= 0.6 is 0 Å². The smallest absolute Gasteiger partial charge is 0.337 e. The molecule has 0 aliphatic rings. The molecule has 7 heteroatoms. The van der Waals surface area contributed by atoms with Crippen molar-refractivity contribution in [2.75, 3.05) is 26.1 Å². The van der Waals surface area contributed by atoms with Gasteiger partial charge in [0, 0.05) is 11.7 Å². The lowest BCUT2D eigenvalue weighted by Crippen LogP contribution is -2.30. The van der Waals surface area contributed by atoms with Crippen molar-refractivity contribution in [2.24, 2.45) is 0 Å². The summed E-state index contributed by atoms with van der Waals surface area (Å²) in [7, 11) is 2.48. The number of amides is 1. The monoisotopic (exact) mass is 420 g/mol. The normalized spacial score (nSPS) is 11.6. The van der Waals surface area contributed by atoms with E-state index in [1.807, 2.05) is 43.3 Å². The molecule has 1 atom stereocenters. The lowest BCUT2D eigenvalue weighted by molar-refractivity contribution is -0.115. The summed E-state index contributed by atoms with van der Waals surface area (Å²) >= 11 is 0. The van der Waals surface area contributed by atoms with Gasteiger partial charge in [-0.05, 0) is 41.5 Å². The molecule has 0 spiro atoms. The van der Waals surface area contributed by atoms with Crippen molar-refractivity contribution in [1.82, 2.24) is 5.32 Å². The molecule has 0 aromatic heterocycles. The summed E-state index contributed by atoms with van der Waals surface area (Å²) in [4.78, 5) is 36.3. The summed E-state index contributed by atoms with van der Waals surface area (Å²) in [6.07, 6.45) is 0. The summed E-state index contributed by atoms with van der Waals surface area (Å²) in [5, 5.41) is 8.18. The van der Waals surface area contributed by atoms with Crippen LogP contribution in [0.1, 0.15) is 39.2 Å². The minimum absolute atomic E-state index is 0.0421. The Labute approximate surface area is 180 Å². The maximum atomic E-state index is 12.5. The first kappa shape index (κ1) is 22.0. The summed E-state index contributed by atoms with van der Waals surface area (Å²) in [5.74, 6) is -1.56. The van der Waals surface area contributed by atoms with Crippen LogP contribution in [0, 0.1) is 0 Å². The zero-order chi connectivity index (χ0) is 22.4. The van der Waals surface area contributed by atoms with Gasteiger partial charge in [0.05, 0.1) is 31.9 Å². The lowest BCUT2D eigenvalue weighted by Gasteiger charge is -2.17. The van der Waals surface area contributed by atoms with E-state index in [1.54, 1.807) is 0 Å². The van der Waals surface area contributed by atoms with Crippen molar-refractivity contribution in [3.63, 3.8) is 0 Å². The fraction of sp³-hybridized carbons (Fsp3) is 0.208. The molecule has 0 heterocycles. The minimum atomic E-state index is -0.621. The Balaban J connectivity index is 1.71. The lowest BCUT2D eigenvalue weighted by atomic mass is 10.00. The molecule has 0 radical (unpaired) electrons. The highest BCUT2D eigenvalue weighted by Gasteiger charge is 2.16. The van der Waals surface area contributed by atoms with E-state index < -0.39 is 11.9 Å². The molecule has 3 rings (SSSR count). The molecule has 1 amide bonds. The first-order valence-electron chi connectivity index (χ1n) is 9.75. The number of fused-ring (bicyclic) bond motifs is 1. The van der Waals surface area contributed by atoms with Gasteiger partial charge in [-0.1, -0.05) is 42.5 Å².